The molecule has 1 heterocycles. The van der Waals surface area contributed by atoms with Gasteiger partial charge < -0.3 is 4.90 Å². The third-order valence-electron chi connectivity index (χ3n) is 4.60. The number of nitrogens with zero attached hydrogens (tertiary/aromatic N) is 5. The Morgan fingerprint density at radius 3 is 2.50 bits per heavy atom. The summed E-state index contributed by atoms with van der Waals surface area (Å²) in [7, 11) is 0.189. The molecule has 9 heteroatoms. The van der Waals surface area contributed by atoms with E-state index in [2.05, 4.69) is 51.4 Å². The third-order valence-corrected chi connectivity index (χ3v) is 6.03. The molecule has 0 saturated heterocycles. The van der Waals surface area contributed by atoms with E-state index in [9.17, 15) is 8.42 Å². The van der Waals surface area contributed by atoms with Crippen LogP contribution in [0.2, 0.25) is 0 Å². The molecule has 0 fully saturated rings. The van der Waals surface area contributed by atoms with E-state index in [-0.39, 0.29) is 17.5 Å². The number of nitrogens with one attached hydrogen (secondary N) is 1. The van der Waals surface area contributed by atoms with Gasteiger partial charge in [0.1, 0.15) is 6.33 Å². The molecule has 0 aliphatic heterocycles. The summed E-state index contributed by atoms with van der Waals surface area (Å²) in [5.74, 6) is 0. The third kappa shape index (κ3) is 4.61. The summed E-state index contributed by atoms with van der Waals surface area (Å²) in [5.41, 5.74) is 2.89. The molecule has 0 saturated carbocycles. The van der Waals surface area contributed by atoms with Crippen LogP contribution in [0.4, 0.5) is 0 Å². The number of rotatable bonds is 8. The van der Waals surface area contributed by atoms with E-state index in [1.165, 1.54) is 16.6 Å². The summed E-state index contributed by atoms with van der Waals surface area (Å²) in [6.45, 7) is 2.37. The molecule has 1 atom stereocenters. The second-order valence-corrected chi connectivity index (χ2v) is 8.45. The SMILES string of the molecule is CCc1ccc([C@@H](CNS(=O)(=O)c2cccc(-n3cnnn3)c2)N(C)C)cc1. The number of tetrazole rings is 1. The van der Waals surface area contributed by atoms with Crippen molar-refractivity contribution in [3.05, 3.63) is 66.0 Å². The lowest BCUT2D eigenvalue weighted by molar-refractivity contribution is 0.299. The fourth-order valence-electron chi connectivity index (χ4n) is 2.92. The summed E-state index contributed by atoms with van der Waals surface area (Å²) in [4.78, 5) is 2.17. The summed E-state index contributed by atoms with van der Waals surface area (Å²) in [5, 5.41) is 10.9. The van der Waals surface area contributed by atoms with Crippen LogP contribution in [0.3, 0.4) is 0 Å². The molecule has 0 aliphatic rings. The molecule has 0 bridgehead atoms. The molecule has 0 spiro atoms. The van der Waals surface area contributed by atoms with Gasteiger partial charge in [-0.1, -0.05) is 37.3 Å². The maximum atomic E-state index is 12.8. The molecular formula is C19H24N6O2S. The first kappa shape index (κ1) is 20.1. The number of aryl methyl sites for hydroxylation is 1. The van der Waals surface area contributed by atoms with E-state index in [0.717, 1.165) is 12.0 Å². The predicted octanol–water partition coefficient (Wildman–Crippen LogP) is 1.81. The zero-order valence-electron chi connectivity index (χ0n) is 16.1. The lowest BCUT2D eigenvalue weighted by atomic mass is 10.0. The smallest absolute Gasteiger partial charge is 0.240 e. The maximum absolute atomic E-state index is 12.8. The van der Waals surface area contributed by atoms with Crippen LogP contribution in [0.15, 0.2) is 59.8 Å². The van der Waals surface area contributed by atoms with Gasteiger partial charge in [0.15, 0.2) is 0 Å². The highest BCUT2D eigenvalue weighted by Crippen LogP contribution is 2.20. The van der Waals surface area contributed by atoms with Gasteiger partial charge in [0, 0.05) is 12.6 Å². The molecule has 1 N–H and O–H groups in total. The predicted molar refractivity (Wildman–Crippen MR) is 107 cm³/mol. The zero-order valence-corrected chi connectivity index (χ0v) is 17.0. The summed E-state index contributed by atoms with van der Waals surface area (Å²) in [6, 6.07) is 14.7. The fraction of sp³-hybridized carbons (Fsp3) is 0.316. The van der Waals surface area contributed by atoms with Gasteiger partial charge in [-0.25, -0.2) is 17.8 Å². The van der Waals surface area contributed by atoms with E-state index in [1.807, 2.05) is 19.0 Å². The van der Waals surface area contributed by atoms with Gasteiger partial charge >= 0.3 is 0 Å². The highest BCUT2D eigenvalue weighted by molar-refractivity contribution is 7.89. The standard InChI is InChI=1S/C19H24N6O2S/c1-4-15-8-10-16(11-9-15)19(24(2)3)13-21-28(26,27)18-7-5-6-17(12-18)25-14-20-22-23-25/h5-12,14,19,21H,4,13H2,1-3H3/t19-/m1/s1. The van der Waals surface area contributed by atoms with Crippen LogP contribution < -0.4 is 4.72 Å². The molecule has 0 radical (unpaired) electrons. The average Bonchev–Trinajstić information content (AvgIpc) is 3.23. The van der Waals surface area contributed by atoms with Crippen LogP contribution in [0.25, 0.3) is 5.69 Å². The van der Waals surface area contributed by atoms with Gasteiger partial charge in [-0.05, 0) is 60.3 Å². The van der Waals surface area contributed by atoms with Crippen molar-refractivity contribution in [3.8, 4) is 5.69 Å². The first-order valence-corrected chi connectivity index (χ1v) is 10.5. The minimum absolute atomic E-state index is 0.0802. The molecule has 3 rings (SSSR count). The van der Waals surface area contributed by atoms with Crippen molar-refractivity contribution in [1.82, 2.24) is 29.8 Å². The molecular weight excluding hydrogens is 376 g/mol. The quantitative estimate of drug-likeness (QED) is 0.620. The Kier molecular flexibility index (Phi) is 6.18. The Labute approximate surface area is 165 Å². The number of hydrogen-bond donors (Lipinski definition) is 1. The normalized spacial score (nSPS) is 13.0. The van der Waals surface area contributed by atoms with E-state index in [4.69, 9.17) is 0 Å². The Hall–Kier alpha value is -2.62. The molecule has 3 aromatic rings. The molecule has 0 aliphatic carbocycles. The summed E-state index contributed by atoms with van der Waals surface area (Å²) in [6.07, 6.45) is 2.39. The second kappa shape index (κ2) is 8.59. The Morgan fingerprint density at radius 1 is 1.14 bits per heavy atom. The molecule has 28 heavy (non-hydrogen) atoms. The van der Waals surface area contributed by atoms with Crippen LogP contribution in [0.5, 0.6) is 0 Å². The minimum Gasteiger partial charge on any atom is -0.301 e. The maximum Gasteiger partial charge on any atom is 0.240 e. The van der Waals surface area contributed by atoms with E-state index >= 15 is 0 Å². The van der Waals surface area contributed by atoms with Crippen molar-refractivity contribution in [2.24, 2.45) is 0 Å². The van der Waals surface area contributed by atoms with Crippen molar-refractivity contribution in [2.45, 2.75) is 24.3 Å². The van der Waals surface area contributed by atoms with Gasteiger partial charge in [0.05, 0.1) is 10.6 Å². The van der Waals surface area contributed by atoms with E-state index in [0.29, 0.717) is 5.69 Å². The molecule has 0 unspecified atom stereocenters. The summed E-state index contributed by atoms with van der Waals surface area (Å²) >= 11 is 0. The van der Waals surface area contributed by atoms with Crippen molar-refractivity contribution in [2.75, 3.05) is 20.6 Å². The number of aromatic nitrogens is 4. The van der Waals surface area contributed by atoms with Crippen LogP contribution in [0, 0.1) is 0 Å². The number of benzene rings is 2. The molecule has 0 amide bonds. The topological polar surface area (TPSA) is 93.0 Å². The van der Waals surface area contributed by atoms with Crippen LogP contribution in [0.1, 0.15) is 24.1 Å². The monoisotopic (exact) mass is 400 g/mol. The van der Waals surface area contributed by atoms with E-state index in [1.54, 1.807) is 24.3 Å². The molecule has 1 aromatic heterocycles. The minimum atomic E-state index is -3.68. The molecule has 8 nitrogen and oxygen atoms in total. The van der Waals surface area contributed by atoms with Crippen LogP contribution in [-0.4, -0.2) is 54.2 Å². The first-order valence-electron chi connectivity index (χ1n) is 8.99. The second-order valence-electron chi connectivity index (χ2n) is 6.68. The van der Waals surface area contributed by atoms with Crippen LogP contribution >= 0.6 is 0 Å². The largest absolute Gasteiger partial charge is 0.301 e. The first-order chi connectivity index (χ1) is 13.4. The van der Waals surface area contributed by atoms with Crippen molar-refractivity contribution in [1.29, 1.82) is 0 Å². The molecule has 148 valence electrons. The van der Waals surface area contributed by atoms with E-state index < -0.39 is 10.0 Å². The number of likely N-dealkylation sites (N-methyl/N-ethyl adjacent to an activating group) is 1. The van der Waals surface area contributed by atoms with Gasteiger partial charge in [-0.2, -0.15) is 0 Å². The number of sulfonamides is 1. The Balaban J connectivity index is 1.78. The molecule has 2 aromatic carbocycles. The Bertz CT molecular complexity index is 1000. The van der Waals surface area contributed by atoms with Crippen molar-refractivity contribution < 1.29 is 8.42 Å². The fourth-order valence-corrected chi connectivity index (χ4v) is 4.00. The summed E-state index contributed by atoms with van der Waals surface area (Å²) < 4.78 is 29.8. The van der Waals surface area contributed by atoms with Crippen molar-refractivity contribution >= 4 is 10.0 Å². The highest BCUT2D eigenvalue weighted by atomic mass is 32.2. The lowest BCUT2D eigenvalue weighted by Gasteiger charge is -2.25. The highest BCUT2D eigenvalue weighted by Gasteiger charge is 2.20. The van der Waals surface area contributed by atoms with Gasteiger partial charge in [-0.3, -0.25) is 0 Å². The van der Waals surface area contributed by atoms with Crippen molar-refractivity contribution in [3.63, 3.8) is 0 Å². The number of hydrogen-bond acceptors (Lipinski definition) is 6. The van der Waals surface area contributed by atoms with Gasteiger partial charge in [0.2, 0.25) is 10.0 Å². The zero-order chi connectivity index (χ0) is 20.1. The van der Waals surface area contributed by atoms with Gasteiger partial charge in [-0.15, -0.1) is 5.10 Å². The van der Waals surface area contributed by atoms with Crippen LogP contribution in [-0.2, 0) is 16.4 Å². The van der Waals surface area contributed by atoms with Gasteiger partial charge in [0.25, 0.3) is 0 Å². The Morgan fingerprint density at radius 2 is 1.89 bits per heavy atom. The lowest BCUT2D eigenvalue weighted by Crippen LogP contribution is -2.34. The average molecular weight is 401 g/mol.